The molecule has 0 aromatic heterocycles. The van der Waals surface area contributed by atoms with Crippen molar-refractivity contribution in [2.75, 3.05) is 24.3 Å². The smallest absolute Gasteiger partial charge is 0.243 e. The maximum Gasteiger partial charge on any atom is 0.243 e. The van der Waals surface area contributed by atoms with E-state index >= 15 is 0 Å². The topological polar surface area (TPSA) is 50.4 Å². The SMILES string of the molecule is COc1ccccc1NCC(=O)Nc1ccc(Br)cc1Br. The normalized spacial score (nSPS) is 10.0. The first-order valence-corrected chi connectivity index (χ1v) is 7.80. The maximum absolute atomic E-state index is 12.0. The van der Waals surface area contributed by atoms with Crippen LogP contribution in [0.2, 0.25) is 0 Å². The molecule has 0 fully saturated rings. The van der Waals surface area contributed by atoms with E-state index in [2.05, 4.69) is 42.5 Å². The fourth-order valence-electron chi connectivity index (χ4n) is 1.75. The Morgan fingerprint density at radius 2 is 1.90 bits per heavy atom. The van der Waals surface area contributed by atoms with Crippen molar-refractivity contribution < 1.29 is 9.53 Å². The van der Waals surface area contributed by atoms with E-state index in [-0.39, 0.29) is 12.5 Å². The molecular weight excluding hydrogens is 400 g/mol. The van der Waals surface area contributed by atoms with Crippen molar-refractivity contribution in [2.45, 2.75) is 0 Å². The molecule has 0 saturated heterocycles. The van der Waals surface area contributed by atoms with E-state index in [1.807, 2.05) is 42.5 Å². The maximum atomic E-state index is 12.0. The third kappa shape index (κ3) is 4.47. The number of nitrogens with one attached hydrogen (secondary N) is 2. The van der Waals surface area contributed by atoms with Crippen molar-refractivity contribution in [3.63, 3.8) is 0 Å². The number of carbonyl (C=O) groups is 1. The van der Waals surface area contributed by atoms with Crippen molar-refractivity contribution >= 4 is 49.1 Å². The van der Waals surface area contributed by atoms with Crippen LogP contribution in [-0.2, 0) is 4.79 Å². The van der Waals surface area contributed by atoms with Gasteiger partial charge in [-0.05, 0) is 46.3 Å². The van der Waals surface area contributed by atoms with Gasteiger partial charge in [0.2, 0.25) is 5.91 Å². The Morgan fingerprint density at radius 3 is 2.62 bits per heavy atom. The molecule has 0 spiro atoms. The summed E-state index contributed by atoms with van der Waals surface area (Å²) in [6.45, 7) is 0.156. The van der Waals surface area contributed by atoms with Gasteiger partial charge < -0.3 is 15.4 Å². The summed E-state index contributed by atoms with van der Waals surface area (Å²) in [4.78, 5) is 12.0. The third-order valence-corrected chi connectivity index (χ3v) is 3.90. The Bertz CT molecular complexity index is 647. The molecule has 6 heteroatoms. The van der Waals surface area contributed by atoms with Crippen molar-refractivity contribution in [3.05, 3.63) is 51.4 Å². The Hall–Kier alpha value is -1.53. The van der Waals surface area contributed by atoms with Gasteiger partial charge in [-0.15, -0.1) is 0 Å². The molecule has 0 atom stereocenters. The second-order valence-electron chi connectivity index (χ2n) is 4.23. The summed E-state index contributed by atoms with van der Waals surface area (Å²) in [5, 5.41) is 5.89. The van der Waals surface area contributed by atoms with Crippen LogP contribution in [0.15, 0.2) is 51.4 Å². The standard InChI is InChI=1S/C15H14Br2N2O2/c1-21-14-5-3-2-4-13(14)18-9-15(20)19-12-7-6-10(16)8-11(12)17/h2-8,18H,9H2,1H3,(H,19,20). The second kappa shape index (κ2) is 7.47. The number of ether oxygens (including phenoxy) is 1. The minimum Gasteiger partial charge on any atom is -0.495 e. The zero-order valence-corrected chi connectivity index (χ0v) is 14.5. The minimum atomic E-state index is -0.135. The van der Waals surface area contributed by atoms with Gasteiger partial charge in [0.05, 0.1) is 25.0 Å². The van der Waals surface area contributed by atoms with E-state index in [4.69, 9.17) is 4.74 Å². The molecule has 2 N–H and O–H groups in total. The number of halogens is 2. The van der Waals surface area contributed by atoms with E-state index < -0.39 is 0 Å². The predicted molar refractivity (Wildman–Crippen MR) is 92.0 cm³/mol. The number of benzene rings is 2. The van der Waals surface area contributed by atoms with Crippen molar-refractivity contribution in [3.8, 4) is 5.75 Å². The monoisotopic (exact) mass is 412 g/mol. The lowest BCUT2D eigenvalue weighted by atomic mass is 10.3. The Balaban J connectivity index is 1.96. The summed E-state index contributed by atoms with van der Waals surface area (Å²) < 4.78 is 6.99. The Kier molecular flexibility index (Phi) is 5.64. The fraction of sp³-hybridized carbons (Fsp3) is 0.133. The first-order chi connectivity index (χ1) is 10.1. The number of hydrogen-bond donors (Lipinski definition) is 2. The predicted octanol–water partition coefficient (Wildman–Crippen LogP) is 4.27. The molecule has 0 aliphatic heterocycles. The molecular formula is C15H14Br2N2O2. The van der Waals surface area contributed by atoms with Gasteiger partial charge in [-0.25, -0.2) is 0 Å². The lowest BCUT2D eigenvalue weighted by molar-refractivity contribution is -0.114. The van der Waals surface area contributed by atoms with Crippen LogP contribution in [-0.4, -0.2) is 19.6 Å². The summed E-state index contributed by atoms with van der Waals surface area (Å²) in [5.74, 6) is 0.569. The van der Waals surface area contributed by atoms with E-state index in [0.29, 0.717) is 5.75 Å². The van der Waals surface area contributed by atoms with Crippen LogP contribution in [0, 0.1) is 0 Å². The van der Waals surface area contributed by atoms with Crippen LogP contribution >= 0.6 is 31.9 Å². The highest BCUT2D eigenvalue weighted by molar-refractivity contribution is 9.11. The number of para-hydroxylation sites is 2. The largest absolute Gasteiger partial charge is 0.495 e. The quantitative estimate of drug-likeness (QED) is 0.769. The van der Waals surface area contributed by atoms with Crippen molar-refractivity contribution in [1.29, 1.82) is 0 Å². The first-order valence-electron chi connectivity index (χ1n) is 6.22. The third-order valence-electron chi connectivity index (χ3n) is 2.75. The molecule has 0 heterocycles. The van der Waals surface area contributed by atoms with Gasteiger partial charge in [0.15, 0.2) is 0 Å². The van der Waals surface area contributed by atoms with Crippen LogP contribution < -0.4 is 15.4 Å². The summed E-state index contributed by atoms with van der Waals surface area (Å²) in [6.07, 6.45) is 0. The molecule has 1 amide bonds. The first kappa shape index (κ1) is 15.9. The van der Waals surface area contributed by atoms with E-state index in [1.165, 1.54) is 0 Å². The number of anilines is 2. The van der Waals surface area contributed by atoms with Crippen LogP contribution in [0.4, 0.5) is 11.4 Å². The molecule has 2 aromatic rings. The van der Waals surface area contributed by atoms with Gasteiger partial charge in [0.1, 0.15) is 5.75 Å². The summed E-state index contributed by atoms with van der Waals surface area (Å²) in [7, 11) is 1.60. The Labute approximate surface area is 140 Å². The molecule has 2 aromatic carbocycles. The molecule has 21 heavy (non-hydrogen) atoms. The summed E-state index contributed by atoms with van der Waals surface area (Å²) >= 11 is 6.78. The van der Waals surface area contributed by atoms with Crippen LogP contribution in [0.1, 0.15) is 0 Å². The minimum absolute atomic E-state index is 0.135. The van der Waals surface area contributed by atoms with E-state index in [9.17, 15) is 4.79 Å². The number of rotatable bonds is 5. The fourth-order valence-corrected chi connectivity index (χ4v) is 2.90. The van der Waals surface area contributed by atoms with Crippen LogP contribution in [0.5, 0.6) is 5.75 Å². The highest BCUT2D eigenvalue weighted by Crippen LogP contribution is 2.26. The zero-order valence-electron chi connectivity index (χ0n) is 11.3. The molecule has 0 bridgehead atoms. The molecule has 2 rings (SSSR count). The summed E-state index contributed by atoms with van der Waals surface area (Å²) in [6, 6.07) is 13.0. The molecule has 110 valence electrons. The number of amides is 1. The zero-order chi connectivity index (χ0) is 15.2. The molecule has 4 nitrogen and oxygen atoms in total. The highest BCUT2D eigenvalue weighted by atomic mass is 79.9. The molecule has 0 radical (unpaired) electrons. The van der Waals surface area contributed by atoms with Gasteiger partial charge >= 0.3 is 0 Å². The van der Waals surface area contributed by atoms with E-state index in [1.54, 1.807) is 7.11 Å². The lowest BCUT2D eigenvalue weighted by Gasteiger charge is -2.11. The molecule has 0 saturated carbocycles. The van der Waals surface area contributed by atoms with Gasteiger partial charge in [0, 0.05) is 8.95 Å². The van der Waals surface area contributed by atoms with Gasteiger partial charge in [-0.2, -0.15) is 0 Å². The van der Waals surface area contributed by atoms with Gasteiger partial charge in [-0.3, -0.25) is 4.79 Å². The lowest BCUT2D eigenvalue weighted by Crippen LogP contribution is -2.22. The average molecular weight is 414 g/mol. The number of carbonyl (C=O) groups excluding carboxylic acids is 1. The average Bonchev–Trinajstić information content (AvgIpc) is 2.48. The molecule has 0 unspecified atom stereocenters. The van der Waals surface area contributed by atoms with Crippen molar-refractivity contribution in [2.24, 2.45) is 0 Å². The van der Waals surface area contributed by atoms with Crippen LogP contribution in [0.25, 0.3) is 0 Å². The van der Waals surface area contributed by atoms with E-state index in [0.717, 1.165) is 20.3 Å². The molecule has 0 aliphatic carbocycles. The van der Waals surface area contributed by atoms with Crippen LogP contribution in [0.3, 0.4) is 0 Å². The second-order valence-corrected chi connectivity index (χ2v) is 6.00. The number of methoxy groups -OCH3 is 1. The van der Waals surface area contributed by atoms with Gasteiger partial charge in [-0.1, -0.05) is 28.1 Å². The van der Waals surface area contributed by atoms with Gasteiger partial charge in [0.25, 0.3) is 0 Å². The number of hydrogen-bond acceptors (Lipinski definition) is 3. The molecule has 0 aliphatic rings. The summed E-state index contributed by atoms with van der Waals surface area (Å²) in [5.41, 5.74) is 1.51. The highest BCUT2D eigenvalue weighted by Gasteiger charge is 2.07. The Morgan fingerprint density at radius 1 is 1.14 bits per heavy atom. The van der Waals surface area contributed by atoms with Crippen molar-refractivity contribution in [1.82, 2.24) is 0 Å².